The maximum absolute atomic E-state index is 12.1. The number of nitrogens with two attached hydrogens (primary N) is 1. The molecule has 21 heavy (non-hydrogen) atoms. The van der Waals surface area contributed by atoms with E-state index in [4.69, 9.17) is 21.5 Å². The van der Waals surface area contributed by atoms with E-state index in [0.29, 0.717) is 6.61 Å². The standard InChI is InChI=1S/C12H12ClN3O4S/c1-2-20-12-8(3-7(4-16-12)21(14,18)19)9-5-15-6-10(13)11(9)17/h3-6H,2H2,1H3,(H,15,17)(H2,14,18,19). The number of H-pyrrole nitrogens is 1. The molecule has 2 rings (SSSR count). The summed E-state index contributed by atoms with van der Waals surface area (Å²) in [5.41, 5.74) is -0.124. The molecule has 0 radical (unpaired) electrons. The number of halogens is 1. The van der Waals surface area contributed by atoms with E-state index in [9.17, 15) is 13.2 Å². The highest BCUT2D eigenvalue weighted by molar-refractivity contribution is 7.89. The molecular formula is C12H12ClN3O4S. The second-order valence-corrected chi connectivity index (χ2v) is 6.02. The summed E-state index contributed by atoms with van der Waals surface area (Å²) in [6, 6.07) is 1.23. The molecule has 3 N–H and O–H groups in total. The number of pyridine rings is 2. The van der Waals surface area contributed by atoms with Crippen LogP contribution in [0.2, 0.25) is 5.02 Å². The lowest BCUT2D eigenvalue weighted by Gasteiger charge is -2.10. The molecule has 0 aliphatic rings. The molecule has 0 aliphatic heterocycles. The number of primary sulfonamides is 1. The summed E-state index contributed by atoms with van der Waals surface area (Å²) in [5.74, 6) is 0.123. The van der Waals surface area contributed by atoms with Crippen molar-refractivity contribution in [3.05, 3.63) is 39.9 Å². The van der Waals surface area contributed by atoms with Crippen molar-refractivity contribution in [2.24, 2.45) is 5.14 Å². The monoisotopic (exact) mass is 329 g/mol. The Morgan fingerprint density at radius 1 is 1.38 bits per heavy atom. The number of aromatic amines is 1. The maximum Gasteiger partial charge on any atom is 0.239 e. The molecule has 112 valence electrons. The van der Waals surface area contributed by atoms with Gasteiger partial charge in [0.05, 0.1) is 23.9 Å². The van der Waals surface area contributed by atoms with Crippen molar-refractivity contribution >= 4 is 21.6 Å². The zero-order chi connectivity index (χ0) is 15.6. The number of ether oxygens (including phenoxy) is 1. The van der Waals surface area contributed by atoms with E-state index < -0.39 is 15.5 Å². The van der Waals surface area contributed by atoms with Crippen LogP contribution in [0.15, 0.2) is 34.3 Å². The van der Waals surface area contributed by atoms with E-state index in [1.165, 1.54) is 18.5 Å². The topological polar surface area (TPSA) is 115 Å². The molecule has 0 atom stereocenters. The molecule has 9 heteroatoms. The van der Waals surface area contributed by atoms with E-state index in [1.54, 1.807) is 6.92 Å². The third-order valence-electron chi connectivity index (χ3n) is 2.63. The zero-order valence-electron chi connectivity index (χ0n) is 11.0. The fraction of sp³-hybridized carbons (Fsp3) is 0.167. The number of rotatable bonds is 4. The van der Waals surface area contributed by atoms with Crippen molar-refractivity contribution < 1.29 is 13.2 Å². The molecule has 2 heterocycles. The Bertz CT molecular complexity index is 833. The van der Waals surface area contributed by atoms with Gasteiger partial charge < -0.3 is 9.72 Å². The summed E-state index contributed by atoms with van der Waals surface area (Å²) in [7, 11) is -3.95. The molecule has 0 amide bonds. The number of aromatic nitrogens is 2. The van der Waals surface area contributed by atoms with Crippen molar-refractivity contribution in [2.45, 2.75) is 11.8 Å². The Kier molecular flexibility index (Phi) is 4.31. The third kappa shape index (κ3) is 3.23. The molecule has 2 aromatic rings. The van der Waals surface area contributed by atoms with Crippen molar-refractivity contribution in [3.63, 3.8) is 0 Å². The Hall–Kier alpha value is -1.90. The summed E-state index contributed by atoms with van der Waals surface area (Å²) >= 11 is 5.77. The van der Waals surface area contributed by atoms with Crippen molar-refractivity contribution in [1.29, 1.82) is 0 Å². The van der Waals surface area contributed by atoms with E-state index in [1.807, 2.05) is 0 Å². The fourth-order valence-electron chi connectivity index (χ4n) is 1.69. The first kappa shape index (κ1) is 15.5. The third-order valence-corrected chi connectivity index (χ3v) is 3.79. The highest BCUT2D eigenvalue weighted by Gasteiger charge is 2.17. The molecular weight excluding hydrogens is 318 g/mol. The van der Waals surface area contributed by atoms with Gasteiger partial charge in [0.15, 0.2) is 0 Å². The number of hydrogen-bond acceptors (Lipinski definition) is 5. The van der Waals surface area contributed by atoms with Gasteiger partial charge in [-0.15, -0.1) is 0 Å². The second kappa shape index (κ2) is 5.84. The van der Waals surface area contributed by atoms with Gasteiger partial charge in [0.2, 0.25) is 21.3 Å². The first-order chi connectivity index (χ1) is 9.84. The Balaban J connectivity index is 2.75. The molecule has 0 unspecified atom stereocenters. The summed E-state index contributed by atoms with van der Waals surface area (Å²) in [5, 5.41) is 5.04. The van der Waals surface area contributed by atoms with Gasteiger partial charge in [-0.3, -0.25) is 4.79 Å². The molecule has 0 aromatic carbocycles. The maximum atomic E-state index is 12.1. The summed E-state index contributed by atoms with van der Waals surface area (Å²) in [4.78, 5) is 18.5. The lowest BCUT2D eigenvalue weighted by molar-refractivity contribution is 0.328. The molecule has 2 aromatic heterocycles. The predicted molar refractivity (Wildman–Crippen MR) is 77.8 cm³/mol. The van der Waals surface area contributed by atoms with E-state index >= 15 is 0 Å². The average Bonchev–Trinajstić information content (AvgIpc) is 2.42. The largest absolute Gasteiger partial charge is 0.478 e. The van der Waals surface area contributed by atoms with Crippen LogP contribution in [0.25, 0.3) is 11.1 Å². The van der Waals surface area contributed by atoms with E-state index in [0.717, 1.165) is 6.20 Å². The summed E-state index contributed by atoms with van der Waals surface area (Å²) in [6.45, 7) is 2.04. The highest BCUT2D eigenvalue weighted by Crippen LogP contribution is 2.28. The van der Waals surface area contributed by atoms with Crippen LogP contribution in [0, 0.1) is 0 Å². The van der Waals surface area contributed by atoms with Crippen molar-refractivity contribution in [3.8, 4) is 17.0 Å². The minimum absolute atomic E-state index is 0.0315. The molecule has 0 saturated carbocycles. The predicted octanol–water partition coefficient (Wildman–Crippen LogP) is 1.14. The van der Waals surface area contributed by atoms with E-state index in [-0.39, 0.29) is 26.9 Å². The summed E-state index contributed by atoms with van der Waals surface area (Å²) in [6.07, 6.45) is 3.79. The lowest BCUT2D eigenvalue weighted by Crippen LogP contribution is -2.14. The van der Waals surface area contributed by atoms with Crippen LogP contribution in [0.1, 0.15) is 6.92 Å². The fourth-order valence-corrected chi connectivity index (χ4v) is 2.34. The minimum Gasteiger partial charge on any atom is -0.478 e. The quantitative estimate of drug-likeness (QED) is 0.872. The highest BCUT2D eigenvalue weighted by atomic mass is 35.5. The summed E-state index contributed by atoms with van der Waals surface area (Å²) < 4.78 is 28.2. The Morgan fingerprint density at radius 3 is 2.71 bits per heavy atom. The number of nitrogens with zero attached hydrogens (tertiary/aromatic N) is 1. The second-order valence-electron chi connectivity index (χ2n) is 4.05. The van der Waals surface area contributed by atoms with Crippen molar-refractivity contribution in [2.75, 3.05) is 6.61 Å². The van der Waals surface area contributed by atoms with Gasteiger partial charge in [0.1, 0.15) is 9.92 Å². The number of sulfonamides is 1. The van der Waals surface area contributed by atoms with Crippen LogP contribution >= 0.6 is 11.6 Å². The first-order valence-electron chi connectivity index (χ1n) is 5.87. The van der Waals surface area contributed by atoms with Crippen LogP contribution in [-0.2, 0) is 10.0 Å². The average molecular weight is 330 g/mol. The van der Waals surface area contributed by atoms with Gasteiger partial charge in [-0.2, -0.15) is 0 Å². The molecule has 7 nitrogen and oxygen atoms in total. The molecule has 0 bridgehead atoms. The van der Waals surface area contributed by atoms with Gasteiger partial charge in [0.25, 0.3) is 0 Å². The number of nitrogens with one attached hydrogen (secondary N) is 1. The van der Waals surface area contributed by atoms with Crippen molar-refractivity contribution in [1.82, 2.24) is 9.97 Å². The van der Waals surface area contributed by atoms with E-state index in [2.05, 4.69) is 9.97 Å². The van der Waals surface area contributed by atoms with Crippen LogP contribution in [0.3, 0.4) is 0 Å². The molecule has 0 saturated heterocycles. The number of hydrogen-bond donors (Lipinski definition) is 2. The van der Waals surface area contributed by atoms with Gasteiger partial charge in [-0.1, -0.05) is 11.6 Å². The van der Waals surface area contributed by atoms with Gasteiger partial charge in [-0.05, 0) is 13.0 Å². The van der Waals surface area contributed by atoms with Crippen LogP contribution in [0.4, 0.5) is 0 Å². The molecule has 0 aliphatic carbocycles. The van der Waals surface area contributed by atoms with Gasteiger partial charge in [-0.25, -0.2) is 18.5 Å². The molecule has 0 spiro atoms. The van der Waals surface area contributed by atoms with Crippen LogP contribution < -0.4 is 15.3 Å². The first-order valence-corrected chi connectivity index (χ1v) is 7.79. The SMILES string of the molecule is CCOc1ncc(S(N)(=O)=O)cc1-c1c[nH]cc(Cl)c1=O. The smallest absolute Gasteiger partial charge is 0.239 e. The van der Waals surface area contributed by atoms with Crippen LogP contribution in [-0.4, -0.2) is 25.0 Å². The minimum atomic E-state index is -3.95. The molecule has 0 fully saturated rings. The Labute approximate surface area is 125 Å². The zero-order valence-corrected chi connectivity index (χ0v) is 12.5. The van der Waals surface area contributed by atoms with Gasteiger partial charge in [0, 0.05) is 12.4 Å². The normalized spacial score (nSPS) is 11.4. The Morgan fingerprint density at radius 2 is 2.10 bits per heavy atom. The van der Waals surface area contributed by atoms with Crippen LogP contribution in [0.5, 0.6) is 5.88 Å². The van der Waals surface area contributed by atoms with Gasteiger partial charge >= 0.3 is 0 Å². The lowest BCUT2D eigenvalue weighted by atomic mass is 10.1.